The van der Waals surface area contributed by atoms with Gasteiger partial charge in [-0.25, -0.2) is 13.8 Å². The molecule has 0 saturated heterocycles. The zero-order valence-corrected chi connectivity index (χ0v) is 17.4. The second kappa shape index (κ2) is 7.21. The first-order valence-electron chi connectivity index (χ1n) is 10.7. The minimum absolute atomic E-state index is 0.0170. The Morgan fingerprint density at radius 2 is 1.69 bits per heavy atom. The van der Waals surface area contributed by atoms with Gasteiger partial charge in [0.2, 0.25) is 17.8 Å². The van der Waals surface area contributed by atoms with Crippen molar-refractivity contribution < 1.29 is 22.0 Å². The lowest BCUT2D eigenvalue weighted by atomic mass is 9.52. The molecule has 2 heterocycles. The number of rotatable bonds is 6. The van der Waals surface area contributed by atoms with Crippen LogP contribution < -0.4 is 10.6 Å². The van der Waals surface area contributed by atoms with E-state index in [2.05, 4.69) is 30.6 Å². The van der Waals surface area contributed by atoms with Gasteiger partial charge >= 0.3 is 6.18 Å². The lowest BCUT2D eigenvalue weighted by molar-refractivity contribution is -0.193. The molecule has 0 aliphatic heterocycles. The summed E-state index contributed by atoms with van der Waals surface area (Å²) in [5.41, 5.74) is -1.37. The van der Waals surface area contributed by atoms with Crippen LogP contribution in [-0.2, 0) is 6.18 Å². The van der Waals surface area contributed by atoms with Crippen LogP contribution in [0, 0.1) is 11.3 Å². The maximum atomic E-state index is 13.3. The van der Waals surface area contributed by atoms with Gasteiger partial charge in [0, 0.05) is 24.9 Å². The van der Waals surface area contributed by atoms with Gasteiger partial charge in [0.15, 0.2) is 5.82 Å². The van der Waals surface area contributed by atoms with Crippen molar-refractivity contribution >= 4 is 11.9 Å². The molecule has 0 aromatic carbocycles. The van der Waals surface area contributed by atoms with Crippen LogP contribution in [0.3, 0.4) is 0 Å². The van der Waals surface area contributed by atoms with Crippen molar-refractivity contribution in [2.24, 2.45) is 11.3 Å². The van der Waals surface area contributed by atoms with Gasteiger partial charge in [0.05, 0.1) is 0 Å². The number of nitrogens with one attached hydrogen (secondary N) is 2. The third kappa shape index (κ3) is 4.33. The molecule has 3 fully saturated rings. The molecule has 0 radical (unpaired) electrons. The number of aromatic nitrogens is 4. The van der Waals surface area contributed by atoms with Crippen LogP contribution in [0.1, 0.15) is 51.1 Å². The van der Waals surface area contributed by atoms with E-state index in [9.17, 15) is 22.0 Å². The van der Waals surface area contributed by atoms with E-state index >= 15 is 0 Å². The lowest BCUT2D eigenvalue weighted by Gasteiger charge is -2.57. The zero-order chi connectivity index (χ0) is 22.7. The minimum atomic E-state index is -4.59. The fourth-order valence-electron chi connectivity index (χ4n) is 4.86. The monoisotopic (exact) mass is 454 g/mol. The molecule has 1 unspecified atom stereocenters. The van der Waals surface area contributed by atoms with Crippen molar-refractivity contribution in [2.45, 2.75) is 69.6 Å². The molecule has 1 atom stereocenters. The highest BCUT2D eigenvalue weighted by molar-refractivity contribution is 5.54. The predicted octanol–water partition coefficient (Wildman–Crippen LogP) is 5.15. The van der Waals surface area contributed by atoms with Crippen LogP contribution in [0.4, 0.5) is 33.8 Å². The van der Waals surface area contributed by atoms with Gasteiger partial charge in [0.1, 0.15) is 11.4 Å². The Labute approximate surface area is 181 Å². The van der Waals surface area contributed by atoms with E-state index in [-0.39, 0.29) is 53.8 Å². The third-order valence-corrected chi connectivity index (χ3v) is 6.55. The molecule has 3 aliphatic carbocycles. The summed E-state index contributed by atoms with van der Waals surface area (Å²) in [4.78, 5) is 16.6. The molecular weight excluding hydrogens is 431 g/mol. The smallest absolute Gasteiger partial charge is 0.351 e. The van der Waals surface area contributed by atoms with Crippen molar-refractivity contribution in [2.75, 3.05) is 10.6 Å². The molecular formula is C21H23F5N6. The van der Waals surface area contributed by atoms with Gasteiger partial charge in [-0.15, -0.1) is 0 Å². The molecule has 6 nitrogen and oxygen atoms in total. The van der Waals surface area contributed by atoms with E-state index in [1.54, 1.807) is 0 Å². The van der Waals surface area contributed by atoms with E-state index in [0.29, 0.717) is 18.8 Å². The highest BCUT2D eigenvalue weighted by Crippen LogP contribution is 2.62. The van der Waals surface area contributed by atoms with Gasteiger partial charge in [-0.05, 0) is 56.1 Å². The topological polar surface area (TPSA) is 75.6 Å². The molecule has 5 rings (SSSR count). The highest BCUT2D eigenvalue weighted by Gasteiger charge is 2.61. The molecule has 1 spiro atoms. The largest absolute Gasteiger partial charge is 0.433 e. The molecule has 0 amide bonds. The van der Waals surface area contributed by atoms with Crippen molar-refractivity contribution in [3.63, 3.8) is 0 Å². The first kappa shape index (κ1) is 21.3. The van der Waals surface area contributed by atoms with Crippen LogP contribution in [0.5, 0.6) is 0 Å². The molecule has 2 N–H and O–H groups in total. The number of alkyl halides is 5. The third-order valence-electron chi connectivity index (χ3n) is 6.55. The van der Waals surface area contributed by atoms with E-state index in [4.69, 9.17) is 0 Å². The van der Waals surface area contributed by atoms with E-state index < -0.39 is 17.8 Å². The molecule has 3 saturated carbocycles. The maximum absolute atomic E-state index is 13.3. The second-order valence-corrected chi connectivity index (χ2v) is 9.44. The van der Waals surface area contributed by atoms with Crippen molar-refractivity contribution in [1.82, 2.24) is 19.9 Å². The van der Waals surface area contributed by atoms with E-state index in [1.807, 2.05) is 6.92 Å². The van der Waals surface area contributed by atoms with Gasteiger partial charge in [0.25, 0.3) is 0 Å². The van der Waals surface area contributed by atoms with Crippen LogP contribution in [0.25, 0.3) is 11.5 Å². The quantitative estimate of drug-likeness (QED) is 0.588. The SMILES string of the molecule is CC(Nc1nc(NC2CC3(C2)CC(F)(F)C3)nc(-c2cccc(C(F)(F)F)n2)n1)C1CC1. The molecule has 3 aliphatic rings. The van der Waals surface area contributed by atoms with Gasteiger partial charge < -0.3 is 10.6 Å². The highest BCUT2D eigenvalue weighted by atomic mass is 19.4. The molecule has 172 valence electrons. The summed E-state index contributed by atoms with van der Waals surface area (Å²) in [6.07, 6.45) is -1.40. The Kier molecular flexibility index (Phi) is 4.79. The van der Waals surface area contributed by atoms with Crippen LogP contribution in [0.2, 0.25) is 0 Å². The van der Waals surface area contributed by atoms with Gasteiger partial charge in [-0.1, -0.05) is 6.07 Å². The second-order valence-electron chi connectivity index (χ2n) is 9.44. The number of hydrogen-bond acceptors (Lipinski definition) is 6. The van der Waals surface area contributed by atoms with Crippen molar-refractivity contribution in [3.8, 4) is 11.5 Å². The summed E-state index contributed by atoms with van der Waals surface area (Å²) >= 11 is 0. The fraction of sp³-hybridized carbons (Fsp3) is 0.619. The molecule has 2 aromatic heterocycles. The summed E-state index contributed by atoms with van der Waals surface area (Å²) < 4.78 is 65.8. The number of halogens is 5. The zero-order valence-electron chi connectivity index (χ0n) is 17.4. The van der Waals surface area contributed by atoms with Crippen molar-refractivity contribution in [1.29, 1.82) is 0 Å². The summed E-state index contributed by atoms with van der Waals surface area (Å²) in [6.45, 7) is 2.00. The number of nitrogens with zero attached hydrogens (tertiary/aromatic N) is 4. The summed E-state index contributed by atoms with van der Waals surface area (Å²) in [5.74, 6) is -1.60. The Balaban J connectivity index is 1.38. The average Bonchev–Trinajstić information content (AvgIpc) is 3.50. The van der Waals surface area contributed by atoms with Crippen molar-refractivity contribution in [3.05, 3.63) is 23.9 Å². The molecule has 2 aromatic rings. The lowest BCUT2D eigenvalue weighted by Crippen LogP contribution is -2.57. The fourth-order valence-corrected chi connectivity index (χ4v) is 4.86. The maximum Gasteiger partial charge on any atom is 0.433 e. The summed E-state index contributed by atoms with van der Waals surface area (Å²) in [6, 6.07) is 3.60. The average molecular weight is 454 g/mol. The number of hydrogen-bond donors (Lipinski definition) is 2. The Morgan fingerprint density at radius 1 is 1.00 bits per heavy atom. The first-order valence-corrected chi connectivity index (χ1v) is 10.7. The minimum Gasteiger partial charge on any atom is -0.351 e. The van der Waals surface area contributed by atoms with Crippen LogP contribution in [-0.4, -0.2) is 37.9 Å². The summed E-state index contributed by atoms with van der Waals surface area (Å²) in [7, 11) is 0. The molecule has 32 heavy (non-hydrogen) atoms. The normalized spacial score (nSPS) is 22.7. The molecule has 0 bridgehead atoms. The predicted molar refractivity (Wildman–Crippen MR) is 107 cm³/mol. The van der Waals surface area contributed by atoms with E-state index in [1.165, 1.54) is 12.1 Å². The molecule has 11 heteroatoms. The van der Waals surface area contributed by atoms with Gasteiger partial charge in [-0.2, -0.15) is 28.1 Å². The van der Waals surface area contributed by atoms with E-state index in [0.717, 1.165) is 18.9 Å². The van der Waals surface area contributed by atoms with Crippen LogP contribution >= 0.6 is 0 Å². The standard InChI is InChI=1S/C21H23F5N6/c1-11(12-5-6-12)27-17-30-16(14-3-2-4-15(29-14)21(24,25)26)31-18(32-17)28-13-7-19(8-13)9-20(22,23)10-19/h2-4,11-13H,5-10H2,1H3,(H2,27,28,30,31,32). The Bertz CT molecular complexity index is 1010. The van der Waals surface area contributed by atoms with Crippen LogP contribution in [0.15, 0.2) is 18.2 Å². The Hall–Kier alpha value is -2.59. The summed E-state index contributed by atoms with van der Waals surface area (Å²) in [5, 5.41) is 6.35. The van der Waals surface area contributed by atoms with Gasteiger partial charge in [-0.3, -0.25) is 0 Å². The Morgan fingerprint density at radius 3 is 2.31 bits per heavy atom. The number of pyridine rings is 1. The number of anilines is 2. The first-order chi connectivity index (χ1) is 15.0.